The van der Waals surface area contributed by atoms with Gasteiger partial charge in [0, 0.05) is 19.2 Å². The van der Waals surface area contributed by atoms with Crippen molar-refractivity contribution in [2.45, 2.75) is 19.8 Å². The van der Waals surface area contributed by atoms with E-state index in [1.807, 2.05) is 0 Å². The Morgan fingerprint density at radius 3 is 2.94 bits per heavy atom. The van der Waals surface area contributed by atoms with Gasteiger partial charge >= 0.3 is 5.97 Å². The number of piperidine rings is 1. The highest BCUT2D eigenvalue weighted by Crippen LogP contribution is 2.19. The van der Waals surface area contributed by atoms with Crippen molar-refractivity contribution in [3.63, 3.8) is 0 Å². The zero-order valence-electron chi connectivity index (χ0n) is 10.5. The smallest absolute Gasteiger partial charge is 0.310 e. The van der Waals surface area contributed by atoms with E-state index in [9.17, 15) is 9.59 Å². The first kappa shape index (κ1) is 12.6. The number of aromatic nitrogens is 1. The van der Waals surface area contributed by atoms with E-state index < -0.39 is 0 Å². The van der Waals surface area contributed by atoms with Crippen LogP contribution in [0.1, 0.15) is 29.1 Å². The summed E-state index contributed by atoms with van der Waals surface area (Å²) in [6, 6.07) is 1.60. The quantitative estimate of drug-likeness (QED) is 0.734. The normalized spacial score (nSPS) is 19.7. The van der Waals surface area contributed by atoms with Crippen LogP contribution in [-0.4, -0.2) is 42.1 Å². The Morgan fingerprint density at radius 2 is 2.33 bits per heavy atom. The van der Waals surface area contributed by atoms with E-state index in [1.54, 1.807) is 17.9 Å². The van der Waals surface area contributed by atoms with Crippen LogP contribution in [0, 0.1) is 12.8 Å². The van der Waals surface area contributed by atoms with E-state index in [1.165, 1.54) is 7.11 Å². The lowest BCUT2D eigenvalue weighted by Crippen LogP contribution is -2.42. The summed E-state index contributed by atoms with van der Waals surface area (Å²) in [6.45, 7) is 2.77. The van der Waals surface area contributed by atoms with Crippen molar-refractivity contribution < 1.29 is 18.8 Å². The van der Waals surface area contributed by atoms with Crippen LogP contribution in [0.25, 0.3) is 0 Å². The molecule has 0 saturated carbocycles. The molecule has 0 N–H and O–H groups in total. The molecule has 0 bridgehead atoms. The average Bonchev–Trinajstić information content (AvgIpc) is 2.83. The van der Waals surface area contributed by atoms with Crippen LogP contribution in [0.4, 0.5) is 0 Å². The summed E-state index contributed by atoms with van der Waals surface area (Å²) >= 11 is 0. The number of hydrogen-bond donors (Lipinski definition) is 0. The molecule has 6 nitrogen and oxygen atoms in total. The van der Waals surface area contributed by atoms with Crippen molar-refractivity contribution in [1.82, 2.24) is 10.1 Å². The molecule has 0 radical (unpaired) electrons. The van der Waals surface area contributed by atoms with Gasteiger partial charge in [-0.15, -0.1) is 0 Å². The number of rotatable bonds is 2. The van der Waals surface area contributed by atoms with Gasteiger partial charge in [-0.2, -0.15) is 0 Å². The van der Waals surface area contributed by atoms with Crippen LogP contribution in [0.2, 0.25) is 0 Å². The molecule has 1 fully saturated rings. The lowest BCUT2D eigenvalue weighted by Gasteiger charge is -2.30. The molecule has 1 aromatic heterocycles. The first-order valence-corrected chi connectivity index (χ1v) is 5.92. The molecule has 18 heavy (non-hydrogen) atoms. The first-order valence-electron chi connectivity index (χ1n) is 5.92. The fourth-order valence-electron chi connectivity index (χ4n) is 2.14. The van der Waals surface area contributed by atoms with Crippen LogP contribution in [0.5, 0.6) is 0 Å². The number of aryl methyl sites for hydroxylation is 1. The standard InChI is InChI=1S/C12H16N2O4/c1-8-6-10(18-13-8)11(15)14-5-3-4-9(7-14)12(16)17-2/h6,9H,3-5,7H2,1-2H3/t9-/m0/s1. The van der Waals surface area contributed by atoms with Crippen molar-refractivity contribution in [3.05, 3.63) is 17.5 Å². The largest absolute Gasteiger partial charge is 0.469 e. The van der Waals surface area contributed by atoms with Crippen molar-refractivity contribution in [2.24, 2.45) is 5.92 Å². The van der Waals surface area contributed by atoms with E-state index in [4.69, 9.17) is 9.26 Å². The number of nitrogens with zero attached hydrogens (tertiary/aromatic N) is 2. The third-order valence-corrected chi connectivity index (χ3v) is 3.08. The molecule has 0 aromatic carbocycles. The zero-order valence-corrected chi connectivity index (χ0v) is 10.5. The van der Waals surface area contributed by atoms with Gasteiger partial charge in [0.2, 0.25) is 5.76 Å². The maximum Gasteiger partial charge on any atom is 0.310 e. The van der Waals surface area contributed by atoms with Crippen molar-refractivity contribution in [3.8, 4) is 0 Å². The summed E-state index contributed by atoms with van der Waals surface area (Å²) in [7, 11) is 1.36. The average molecular weight is 252 g/mol. The van der Waals surface area contributed by atoms with Gasteiger partial charge in [0.15, 0.2) is 0 Å². The second kappa shape index (κ2) is 5.20. The highest BCUT2D eigenvalue weighted by atomic mass is 16.5. The lowest BCUT2D eigenvalue weighted by molar-refractivity contribution is -0.146. The lowest BCUT2D eigenvalue weighted by atomic mass is 9.98. The second-order valence-corrected chi connectivity index (χ2v) is 4.45. The van der Waals surface area contributed by atoms with Crippen LogP contribution >= 0.6 is 0 Å². The van der Waals surface area contributed by atoms with Gasteiger partial charge in [0.1, 0.15) is 0 Å². The number of amides is 1. The summed E-state index contributed by atoms with van der Waals surface area (Å²) in [5.41, 5.74) is 0.667. The van der Waals surface area contributed by atoms with Crippen molar-refractivity contribution in [2.75, 3.05) is 20.2 Å². The zero-order chi connectivity index (χ0) is 13.1. The van der Waals surface area contributed by atoms with Crippen LogP contribution in [-0.2, 0) is 9.53 Å². The molecule has 1 aliphatic heterocycles. The number of likely N-dealkylation sites (tertiary alicyclic amines) is 1. The third-order valence-electron chi connectivity index (χ3n) is 3.08. The minimum absolute atomic E-state index is 0.218. The fraction of sp³-hybridized carbons (Fsp3) is 0.583. The topological polar surface area (TPSA) is 72.6 Å². The summed E-state index contributed by atoms with van der Waals surface area (Å²) in [4.78, 5) is 25.2. The monoisotopic (exact) mass is 252 g/mol. The van der Waals surface area contributed by atoms with Crippen molar-refractivity contribution in [1.29, 1.82) is 0 Å². The van der Waals surface area contributed by atoms with Gasteiger partial charge in [-0.3, -0.25) is 9.59 Å². The molecule has 0 spiro atoms. The minimum atomic E-state index is -0.263. The summed E-state index contributed by atoms with van der Waals surface area (Å²) in [6.07, 6.45) is 1.55. The number of ether oxygens (including phenoxy) is 1. The van der Waals surface area contributed by atoms with E-state index in [-0.39, 0.29) is 23.6 Å². The van der Waals surface area contributed by atoms with Crippen LogP contribution < -0.4 is 0 Å². The third kappa shape index (κ3) is 2.52. The van der Waals surface area contributed by atoms with Gasteiger partial charge in [0.05, 0.1) is 18.7 Å². The Morgan fingerprint density at radius 1 is 1.56 bits per heavy atom. The van der Waals surface area contributed by atoms with Gasteiger partial charge in [-0.05, 0) is 19.8 Å². The molecule has 6 heteroatoms. The number of esters is 1. The number of methoxy groups -OCH3 is 1. The van der Waals surface area contributed by atoms with E-state index in [2.05, 4.69) is 5.16 Å². The Labute approximate surface area is 105 Å². The molecular weight excluding hydrogens is 236 g/mol. The van der Waals surface area contributed by atoms with Crippen LogP contribution in [0.15, 0.2) is 10.6 Å². The molecule has 1 aromatic rings. The molecule has 1 aliphatic rings. The van der Waals surface area contributed by atoms with Gasteiger partial charge < -0.3 is 14.2 Å². The summed E-state index contributed by atoms with van der Waals surface area (Å²) in [5.74, 6) is -0.500. The molecule has 0 aliphatic carbocycles. The molecule has 1 atom stereocenters. The van der Waals surface area contributed by atoms with Gasteiger partial charge in [-0.1, -0.05) is 5.16 Å². The molecule has 98 valence electrons. The van der Waals surface area contributed by atoms with Crippen molar-refractivity contribution >= 4 is 11.9 Å². The maximum absolute atomic E-state index is 12.1. The molecule has 2 heterocycles. The first-order chi connectivity index (χ1) is 8.61. The number of carbonyl (C=O) groups is 2. The Kier molecular flexibility index (Phi) is 3.64. The highest BCUT2D eigenvalue weighted by Gasteiger charge is 2.30. The minimum Gasteiger partial charge on any atom is -0.469 e. The number of hydrogen-bond acceptors (Lipinski definition) is 5. The van der Waals surface area contributed by atoms with E-state index in [0.29, 0.717) is 18.8 Å². The fourth-order valence-corrected chi connectivity index (χ4v) is 2.14. The van der Waals surface area contributed by atoms with Gasteiger partial charge in [0.25, 0.3) is 5.91 Å². The number of carbonyl (C=O) groups excluding carboxylic acids is 2. The van der Waals surface area contributed by atoms with E-state index >= 15 is 0 Å². The molecule has 2 rings (SSSR count). The highest BCUT2D eigenvalue weighted by molar-refractivity contribution is 5.91. The maximum atomic E-state index is 12.1. The van der Waals surface area contributed by atoms with Crippen LogP contribution in [0.3, 0.4) is 0 Å². The summed E-state index contributed by atoms with van der Waals surface area (Å²) < 4.78 is 9.66. The molecule has 1 amide bonds. The molecular formula is C12H16N2O4. The van der Waals surface area contributed by atoms with E-state index in [0.717, 1.165) is 12.8 Å². The molecule has 1 saturated heterocycles. The molecule has 0 unspecified atom stereocenters. The Bertz CT molecular complexity index is 455. The Balaban J connectivity index is 2.05. The Hall–Kier alpha value is -1.85. The van der Waals surface area contributed by atoms with Gasteiger partial charge in [-0.25, -0.2) is 0 Å². The second-order valence-electron chi connectivity index (χ2n) is 4.45. The predicted molar refractivity (Wildman–Crippen MR) is 61.9 cm³/mol. The SMILES string of the molecule is COC(=O)[C@H]1CCCN(C(=O)c2cc(C)no2)C1. The predicted octanol–water partition coefficient (Wildman–Crippen LogP) is 1.01. The summed E-state index contributed by atoms with van der Waals surface area (Å²) in [5, 5.41) is 3.69.